The lowest BCUT2D eigenvalue weighted by molar-refractivity contribution is -0.139. The summed E-state index contributed by atoms with van der Waals surface area (Å²) in [5.74, 6) is -1.33. The van der Waals surface area contributed by atoms with Crippen LogP contribution in [0, 0.1) is 0 Å². The average Bonchev–Trinajstić information content (AvgIpc) is 2.09. The van der Waals surface area contributed by atoms with Gasteiger partial charge >= 0.3 is 5.97 Å². The smallest absolute Gasteiger partial charge is 0.324 e. The first-order valence-corrected chi connectivity index (χ1v) is 6.63. The zero-order chi connectivity index (χ0) is 12.6. The highest BCUT2D eigenvalue weighted by atomic mass is 32.2. The minimum atomic E-state index is -3.80. The molecule has 1 fully saturated rings. The van der Waals surface area contributed by atoms with Crippen molar-refractivity contribution in [3.8, 4) is 0 Å². The second kappa shape index (κ2) is 4.18. The van der Waals surface area contributed by atoms with Crippen molar-refractivity contribution in [1.82, 2.24) is 4.90 Å². The Balaban J connectivity index is 3.07. The summed E-state index contributed by atoms with van der Waals surface area (Å²) in [5.41, 5.74) is 0. The number of carbonyl (C=O) groups is 1. The predicted octanol–water partition coefficient (Wildman–Crippen LogP) is 0.482. The molecule has 0 aromatic heterocycles. The Bertz CT molecular complexity index is 395. The van der Waals surface area contributed by atoms with Crippen LogP contribution in [0.1, 0.15) is 20.3 Å². The lowest BCUT2D eigenvalue weighted by Crippen LogP contribution is -2.55. The fourth-order valence-corrected chi connectivity index (χ4v) is 3.19. The van der Waals surface area contributed by atoms with Crippen LogP contribution in [0.3, 0.4) is 0 Å². The molecule has 0 amide bonds. The Kier molecular flexibility index (Phi) is 3.44. The first kappa shape index (κ1) is 13.2. The summed E-state index contributed by atoms with van der Waals surface area (Å²) in [4.78, 5) is 12.7. The molecule has 1 N–H and O–H groups in total. The highest BCUT2D eigenvalue weighted by Gasteiger charge is 2.48. The quantitative estimate of drug-likeness (QED) is 0.715. The summed E-state index contributed by atoms with van der Waals surface area (Å²) < 4.78 is 22.5. The van der Waals surface area contributed by atoms with E-state index < -0.39 is 25.9 Å². The fraction of sp³-hybridized carbons (Fsp3) is 0.700. The molecule has 1 rings (SSSR count). The van der Waals surface area contributed by atoms with Crippen LogP contribution < -0.4 is 0 Å². The Morgan fingerprint density at radius 2 is 2.00 bits per heavy atom. The summed E-state index contributed by atoms with van der Waals surface area (Å²) in [6, 6.07) is 0. The van der Waals surface area contributed by atoms with Gasteiger partial charge in [0.15, 0.2) is 14.6 Å². The van der Waals surface area contributed by atoms with E-state index in [4.69, 9.17) is 5.11 Å². The molecule has 0 aliphatic carbocycles. The summed E-state index contributed by atoms with van der Waals surface area (Å²) in [6.45, 7) is 7.25. The number of carboxylic acids is 1. The van der Waals surface area contributed by atoms with Gasteiger partial charge in [0.1, 0.15) is 5.37 Å². The van der Waals surface area contributed by atoms with Gasteiger partial charge < -0.3 is 5.11 Å². The first-order valence-electron chi connectivity index (χ1n) is 5.08. The van der Waals surface area contributed by atoms with Gasteiger partial charge in [-0.2, -0.15) is 0 Å². The van der Waals surface area contributed by atoms with E-state index in [1.165, 1.54) is 19.9 Å². The molecule has 0 saturated carbocycles. The fourth-order valence-electron chi connectivity index (χ4n) is 1.49. The minimum Gasteiger partial charge on any atom is -0.480 e. The van der Waals surface area contributed by atoms with Gasteiger partial charge in [0.2, 0.25) is 0 Å². The van der Waals surface area contributed by atoms with Gasteiger partial charge in [-0.15, -0.1) is 6.58 Å². The maximum Gasteiger partial charge on any atom is 0.324 e. The van der Waals surface area contributed by atoms with Crippen molar-refractivity contribution in [1.29, 1.82) is 0 Å². The maximum atomic E-state index is 12.2. The summed E-state index contributed by atoms with van der Waals surface area (Å²) in [6.07, 6.45) is 2.24. The zero-order valence-electron chi connectivity index (χ0n) is 9.51. The normalized spacial score (nSPS) is 19.9. The number of carboxylic acid groups (broad SMARTS) is 1. The number of hydrogen-bond donors (Lipinski definition) is 1. The lowest BCUT2D eigenvalue weighted by atomic mass is 10.2. The Morgan fingerprint density at radius 3 is 2.25 bits per heavy atom. The standard InChI is InChI=1S/C10H17NO4S/c1-4-8(11-6-5-7-11)16(14,15)10(2,3)9(12)13/h4,8H,1,5-7H2,2-3H3,(H,12,13). The molecule has 16 heavy (non-hydrogen) atoms. The van der Waals surface area contributed by atoms with Crippen molar-refractivity contribution in [3.63, 3.8) is 0 Å². The molecule has 6 heteroatoms. The third-order valence-electron chi connectivity index (χ3n) is 3.00. The Labute approximate surface area is 95.7 Å². The van der Waals surface area contributed by atoms with E-state index in [1.807, 2.05) is 0 Å². The van der Waals surface area contributed by atoms with E-state index in [0.717, 1.165) is 6.42 Å². The van der Waals surface area contributed by atoms with Gasteiger partial charge in [0.25, 0.3) is 0 Å². The van der Waals surface area contributed by atoms with Gasteiger partial charge in [0.05, 0.1) is 0 Å². The van der Waals surface area contributed by atoms with Crippen molar-refractivity contribution >= 4 is 15.8 Å². The third kappa shape index (κ3) is 1.87. The van der Waals surface area contributed by atoms with Crippen molar-refractivity contribution in [2.45, 2.75) is 30.4 Å². The molecule has 0 bridgehead atoms. The predicted molar refractivity (Wildman–Crippen MR) is 60.8 cm³/mol. The van der Waals surface area contributed by atoms with E-state index in [1.54, 1.807) is 4.90 Å². The minimum absolute atomic E-state index is 0.672. The number of aliphatic carboxylic acids is 1. The Morgan fingerprint density at radius 1 is 1.50 bits per heavy atom. The molecule has 1 atom stereocenters. The second-order valence-corrected chi connectivity index (χ2v) is 6.97. The molecule has 0 aromatic carbocycles. The molecule has 1 aliphatic heterocycles. The van der Waals surface area contributed by atoms with Gasteiger partial charge in [-0.05, 0) is 20.3 Å². The van der Waals surface area contributed by atoms with Gasteiger partial charge in [-0.1, -0.05) is 6.08 Å². The van der Waals surface area contributed by atoms with E-state index in [0.29, 0.717) is 13.1 Å². The zero-order valence-corrected chi connectivity index (χ0v) is 10.3. The van der Waals surface area contributed by atoms with Gasteiger partial charge in [-0.25, -0.2) is 8.42 Å². The highest BCUT2D eigenvalue weighted by molar-refractivity contribution is 7.94. The van der Waals surface area contributed by atoms with Crippen LogP contribution in [-0.2, 0) is 14.6 Å². The first-order chi connectivity index (χ1) is 7.25. The molecular formula is C10H17NO4S. The molecule has 0 radical (unpaired) electrons. The van der Waals surface area contributed by atoms with Crippen LogP contribution in [0.2, 0.25) is 0 Å². The van der Waals surface area contributed by atoms with Crippen LogP contribution in [0.4, 0.5) is 0 Å². The molecule has 1 saturated heterocycles. The molecule has 0 aromatic rings. The number of nitrogens with zero attached hydrogens (tertiary/aromatic N) is 1. The van der Waals surface area contributed by atoms with Crippen LogP contribution >= 0.6 is 0 Å². The number of likely N-dealkylation sites (tertiary alicyclic amines) is 1. The van der Waals surface area contributed by atoms with Crippen LogP contribution in [0.25, 0.3) is 0 Å². The van der Waals surface area contributed by atoms with Crippen LogP contribution in [0.5, 0.6) is 0 Å². The van der Waals surface area contributed by atoms with Crippen molar-refractivity contribution in [3.05, 3.63) is 12.7 Å². The van der Waals surface area contributed by atoms with E-state index in [-0.39, 0.29) is 0 Å². The summed E-state index contributed by atoms with van der Waals surface area (Å²) in [5, 5.41) is 8.07. The molecule has 92 valence electrons. The molecule has 1 heterocycles. The van der Waals surface area contributed by atoms with Crippen LogP contribution in [-0.4, -0.2) is 47.6 Å². The maximum absolute atomic E-state index is 12.2. The number of hydrogen-bond acceptors (Lipinski definition) is 4. The summed E-state index contributed by atoms with van der Waals surface area (Å²) in [7, 11) is -3.80. The van der Waals surface area contributed by atoms with E-state index in [9.17, 15) is 13.2 Å². The number of sulfone groups is 1. The SMILES string of the molecule is C=CC(N1CCC1)S(=O)(=O)C(C)(C)C(=O)O. The van der Waals surface area contributed by atoms with Crippen molar-refractivity contribution in [2.75, 3.05) is 13.1 Å². The van der Waals surface area contributed by atoms with Crippen molar-refractivity contribution < 1.29 is 18.3 Å². The largest absolute Gasteiger partial charge is 0.480 e. The summed E-state index contributed by atoms with van der Waals surface area (Å²) >= 11 is 0. The lowest BCUT2D eigenvalue weighted by Gasteiger charge is -2.38. The van der Waals surface area contributed by atoms with Gasteiger partial charge in [0, 0.05) is 13.1 Å². The monoisotopic (exact) mass is 247 g/mol. The second-order valence-electron chi connectivity index (χ2n) is 4.38. The van der Waals surface area contributed by atoms with E-state index >= 15 is 0 Å². The van der Waals surface area contributed by atoms with Crippen LogP contribution in [0.15, 0.2) is 12.7 Å². The van der Waals surface area contributed by atoms with Gasteiger partial charge in [-0.3, -0.25) is 9.69 Å². The molecule has 1 unspecified atom stereocenters. The molecule has 1 aliphatic rings. The highest BCUT2D eigenvalue weighted by Crippen LogP contribution is 2.27. The van der Waals surface area contributed by atoms with Crippen molar-refractivity contribution in [2.24, 2.45) is 0 Å². The van der Waals surface area contributed by atoms with E-state index in [2.05, 4.69) is 6.58 Å². The number of rotatable bonds is 5. The average molecular weight is 247 g/mol. The third-order valence-corrected chi connectivity index (χ3v) is 5.72. The Hall–Kier alpha value is -0.880. The molecular weight excluding hydrogens is 230 g/mol. The molecule has 5 nitrogen and oxygen atoms in total. The molecule has 0 spiro atoms. The topological polar surface area (TPSA) is 74.7 Å².